The Bertz CT molecular complexity index is 556. The topological polar surface area (TPSA) is 93.8 Å². The first-order chi connectivity index (χ1) is 8.11. The second kappa shape index (κ2) is 4.46. The molecule has 0 saturated carbocycles. The molecule has 2 aromatic rings. The molecule has 7 nitrogen and oxygen atoms in total. The maximum absolute atomic E-state index is 10.9. The molecule has 17 heavy (non-hydrogen) atoms. The van der Waals surface area contributed by atoms with E-state index in [4.69, 9.17) is 16.7 Å². The van der Waals surface area contributed by atoms with Gasteiger partial charge >= 0.3 is 5.97 Å². The Labute approximate surface area is 101 Å². The summed E-state index contributed by atoms with van der Waals surface area (Å²) in [6.07, 6.45) is 2.98. The molecule has 1 atom stereocenters. The number of aliphatic carboxylic acids is 1. The summed E-state index contributed by atoms with van der Waals surface area (Å²) in [4.78, 5) is 14.7. The number of halogens is 1. The fraction of sp³-hybridized carbons (Fsp3) is 0.222. The molecule has 0 aromatic carbocycles. The molecule has 2 heterocycles. The molecule has 2 aromatic heterocycles. The van der Waals surface area contributed by atoms with Crippen LogP contribution in [0.4, 0.5) is 0 Å². The Balaban J connectivity index is 2.51. The number of hydrogen-bond acceptors (Lipinski definition) is 5. The van der Waals surface area contributed by atoms with E-state index in [-0.39, 0.29) is 0 Å². The molecule has 0 radical (unpaired) electrons. The van der Waals surface area contributed by atoms with Gasteiger partial charge in [-0.3, -0.25) is 4.98 Å². The van der Waals surface area contributed by atoms with Gasteiger partial charge in [-0.2, -0.15) is 0 Å². The van der Waals surface area contributed by atoms with Crippen molar-refractivity contribution in [1.82, 2.24) is 25.2 Å². The fourth-order valence-electron chi connectivity index (χ4n) is 1.29. The molecule has 0 bridgehead atoms. The number of carboxylic acids is 1. The van der Waals surface area contributed by atoms with E-state index in [1.165, 1.54) is 24.0 Å². The third kappa shape index (κ3) is 2.09. The lowest BCUT2D eigenvalue weighted by atomic mass is 10.2. The number of tetrazole rings is 1. The molecule has 1 N–H and O–H groups in total. The zero-order valence-electron chi connectivity index (χ0n) is 8.78. The normalized spacial score (nSPS) is 12.4. The van der Waals surface area contributed by atoms with Crippen molar-refractivity contribution in [1.29, 1.82) is 0 Å². The van der Waals surface area contributed by atoms with Crippen LogP contribution in [-0.4, -0.2) is 36.3 Å². The molecule has 0 aliphatic heterocycles. The Morgan fingerprint density at radius 1 is 1.59 bits per heavy atom. The summed E-state index contributed by atoms with van der Waals surface area (Å²) in [5.41, 5.74) is 0.541. The summed E-state index contributed by atoms with van der Waals surface area (Å²) in [7, 11) is 0. The molecule has 8 heteroatoms. The summed E-state index contributed by atoms with van der Waals surface area (Å²) in [6.45, 7) is 1.48. The minimum atomic E-state index is -1.02. The van der Waals surface area contributed by atoms with Crippen LogP contribution in [0.2, 0.25) is 5.02 Å². The van der Waals surface area contributed by atoms with Crippen molar-refractivity contribution in [2.75, 3.05) is 0 Å². The van der Waals surface area contributed by atoms with Gasteiger partial charge in [0.05, 0.1) is 5.02 Å². The molecule has 2 rings (SSSR count). The molecule has 1 unspecified atom stereocenters. The third-order valence-corrected chi connectivity index (χ3v) is 2.53. The monoisotopic (exact) mass is 253 g/mol. The van der Waals surface area contributed by atoms with Crippen molar-refractivity contribution < 1.29 is 9.90 Å². The highest BCUT2D eigenvalue weighted by atomic mass is 35.5. The van der Waals surface area contributed by atoms with Crippen LogP contribution in [0, 0.1) is 0 Å². The minimum Gasteiger partial charge on any atom is -0.480 e. The van der Waals surface area contributed by atoms with Crippen LogP contribution in [0.1, 0.15) is 13.0 Å². The predicted octanol–water partition coefficient (Wildman–Crippen LogP) is 1.03. The molecule has 88 valence electrons. The SMILES string of the molecule is CC(C(=O)O)n1nnnc1-c1ccncc1Cl. The van der Waals surface area contributed by atoms with Crippen LogP contribution in [-0.2, 0) is 4.79 Å². The Morgan fingerprint density at radius 3 is 3.00 bits per heavy atom. The number of carboxylic acid groups (broad SMARTS) is 1. The fourth-order valence-corrected chi connectivity index (χ4v) is 1.50. The Morgan fingerprint density at radius 2 is 2.35 bits per heavy atom. The number of pyridine rings is 1. The summed E-state index contributed by atoms with van der Waals surface area (Å²) >= 11 is 5.95. The van der Waals surface area contributed by atoms with Crippen LogP contribution < -0.4 is 0 Å². The van der Waals surface area contributed by atoms with Crippen LogP contribution in [0.3, 0.4) is 0 Å². The zero-order valence-corrected chi connectivity index (χ0v) is 9.53. The number of nitrogens with zero attached hydrogens (tertiary/aromatic N) is 5. The van der Waals surface area contributed by atoms with Crippen LogP contribution in [0.25, 0.3) is 11.4 Å². The van der Waals surface area contributed by atoms with Gasteiger partial charge in [-0.05, 0) is 23.4 Å². The smallest absolute Gasteiger partial charge is 0.328 e. The first-order valence-electron chi connectivity index (χ1n) is 4.72. The van der Waals surface area contributed by atoms with E-state index in [2.05, 4.69) is 20.5 Å². The average Bonchev–Trinajstić information content (AvgIpc) is 2.77. The number of carbonyl (C=O) groups is 1. The third-order valence-electron chi connectivity index (χ3n) is 2.23. The van der Waals surface area contributed by atoms with Gasteiger partial charge in [-0.1, -0.05) is 11.6 Å². The van der Waals surface area contributed by atoms with Crippen molar-refractivity contribution in [2.45, 2.75) is 13.0 Å². The number of rotatable bonds is 3. The van der Waals surface area contributed by atoms with Crippen molar-refractivity contribution >= 4 is 17.6 Å². The minimum absolute atomic E-state index is 0.298. The van der Waals surface area contributed by atoms with E-state index in [0.717, 1.165) is 0 Å². The molecular formula is C9H8ClN5O2. The average molecular weight is 254 g/mol. The molecule has 0 amide bonds. The van der Waals surface area contributed by atoms with Gasteiger partial charge in [0.1, 0.15) is 0 Å². The van der Waals surface area contributed by atoms with E-state index in [1.54, 1.807) is 6.07 Å². The molecule has 0 saturated heterocycles. The van der Waals surface area contributed by atoms with Crippen molar-refractivity contribution in [2.24, 2.45) is 0 Å². The van der Waals surface area contributed by atoms with Crippen LogP contribution >= 0.6 is 11.6 Å². The van der Waals surface area contributed by atoms with E-state index in [0.29, 0.717) is 16.4 Å². The highest BCUT2D eigenvalue weighted by Crippen LogP contribution is 2.25. The highest BCUT2D eigenvalue weighted by molar-refractivity contribution is 6.33. The molecule has 0 aliphatic carbocycles. The first-order valence-corrected chi connectivity index (χ1v) is 5.09. The second-order valence-electron chi connectivity index (χ2n) is 3.32. The molecule has 0 aliphatic rings. The van der Waals surface area contributed by atoms with Gasteiger partial charge in [-0.15, -0.1) is 5.10 Å². The predicted molar refractivity (Wildman–Crippen MR) is 58.4 cm³/mol. The zero-order chi connectivity index (χ0) is 12.4. The van der Waals surface area contributed by atoms with Gasteiger partial charge < -0.3 is 5.11 Å². The van der Waals surface area contributed by atoms with Gasteiger partial charge in [0.15, 0.2) is 11.9 Å². The Hall–Kier alpha value is -2.02. The summed E-state index contributed by atoms with van der Waals surface area (Å²) in [5.74, 6) is -0.726. The summed E-state index contributed by atoms with van der Waals surface area (Å²) in [6, 6.07) is 0.753. The Kier molecular flexibility index (Phi) is 3.01. The van der Waals surface area contributed by atoms with E-state index in [9.17, 15) is 4.79 Å². The van der Waals surface area contributed by atoms with Gasteiger partial charge in [-0.25, -0.2) is 9.48 Å². The summed E-state index contributed by atoms with van der Waals surface area (Å²) < 4.78 is 1.20. The highest BCUT2D eigenvalue weighted by Gasteiger charge is 2.21. The van der Waals surface area contributed by atoms with Crippen molar-refractivity contribution in [3.63, 3.8) is 0 Å². The maximum atomic E-state index is 10.9. The number of aromatic nitrogens is 5. The molecular weight excluding hydrogens is 246 g/mol. The first kappa shape index (κ1) is 11.5. The molecule has 0 fully saturated rings. The van der Waals surface area contributed by atoms with E-state index in [1.807, 2.05) is 0 Å². The van der Waals surface area contributed by atoms with Crippen molar-refractivity contribution in [3.05, 3.63) is 23.5 Å². The van der Waals surface area contributed by atoms with Crippen LogP contribution in [0.15, 0.2) is 18.5 Å². The largest absolute Gasteiger partial charge is 0.480 e. The van der Waals surface area contributed by atoms with E-state index < -0.39 is 12.0 Å². The quantitative estimate of drug-likeness (QED) is 0.878. The summed E-state index contributed by atoms with van der Waals surface area (Å²) in [5, 5.41) is 20.2. The molecule has 0 spiro atoms. The van der Waals surface area contributed by atoms with Gasteiger partial charge in [0, 0.05) is 18.0 Å². The maximum Gasteiger partial charge on any atom is 0.328 e. The van der Waals surface area contributed by atoms with Crippen LogP contribution in [0.5, 0.6) is 0 Å². The van der Waals surface area contributed by atoms with Gasteiger partial charge in [0.2, 0.25) is 0 Å². The number of hydrogen-bond donors (Lipinski definition) is 1. The van der Waals surface area contributed by atoms with Crippen molar-refractivity contribution in [3.8, 4) is 11.4 Å². The lowest BCUT2D eigenvalue weighted by molar-refractivity contribution is -0.140. The lowest BCUT2D eigenvalue weighted by Gasteiger charge is -2.09. The van der Waals surface area contributed by atoms with E-state index >= 15 is 0 Å². The second-order valence-corrected chi connectivity index (χ2v) is 3.72. The lowest BCUT2D eigenvalue weighted by Crippen LogP contribution is -2.18. The standard InChI is InChI=1S/C9H8ClN5O2/c1-5(9(16)17)15-8(12-13-14-15)6-2-3-11-4-7(6)10/h2-5H,1H3,(H,16,17). The van der Waals surface area contributed by atoms with Gasteiger partial charge in [0.25, 0.3) is 0 Å².